The standard InChI is InChI=1S/C12H3F21O/c13-3(14,1-2-34)4(15,16)5(17,18)6(19,20)7(21,22)8(23,24)9(25,26)10(27,28)11(29,30)12(31,32)33/h2H,1H2. The van der Waals surface area contributed by atoms with E-state index in [-0.39, 0.29) is 0 Å². The summed E-state index contributed by atoms with van der Waals surface area (Å²) in [6, 6.07) is 0. The molecule has 0 radical (unpaired) electrons. The highest BCUT2D eigenvalue weighted by atomic mass is 19.4. The molecule has 0 N–H and O–H groups in total. The van der Waals surface area contributed by atoms with Gasteiger partial charge < -0.3 is 4.79 Å². The summed E-state index contributed by atoms with van der Waals surface area (Å²) < 4.78 is 271. The summed E-state index contributed by atoms with van der Waals surface area (Å²) in [7, 11) is 0. The number of halogens is 21. The summed E-state index contributed by atoms with van der Waals surface area (Å²) in [6.45, 7) is 0. The summed E-state index contributed by atoms with van der Waals surface area (Å²) in [6.07, 6.45) is -12.7. The second kappa shape index (κ2) is 7.85. The number of hydrogen-bond donors (Lipinski definition) is 0. The molecule has 0 amide bonds. The van der Waals surface area contributed by atoms with Gasteiger partial charge >= 0.3 is 59.5 Å². The Morgan fingerprint density at radius 2 is 0.559 bits per heavy atom. The molecule has 0 atom stereocenters. The van der Waals surface area contributed by atoms with Crippen LogP contribution < -0.4 is 0 Å². The molecule has 204 valence electrons. The summed E-state index contributed by atoms with van der Waals surface area (Å²) in [4.78, 5) is 9.76. The third-order valence-electron chi connectivity index (χ3n) is 3.92. The van der Waals surface area contributed by atoms with Crippen LogP contribution in [-0.4, -0.2) is 65.8 Å². The average Bonchev–Trinajstić information content (AvgIpc) is 2.59. The van der Waals surface area contributed by atoms with Gasteiger partial charge in [0.1, 0.15) is 6.29 Å². The zero-order valence-corrected chi connectivity index (χ0v) is 14.6. The molecule has 0 unspecified atom stereocenters. The van der Waals surface area contributed by atoms with Crippen molar-refractivity contribution < 1.29 is 97.0 Å². The van der Waals surface area contributed by atoms with Gasteiger partial charge in [0.2, 0.25) is 0 Å². The van der Waals surface area contributed by atoms with E-state index >= 15 is 0 Å². The summed E-state index contributed by atoms with van der Waals surface area (Å²) >= 11 is 0. The summed E-state index contributed by atoms with van der Waals surface area (Å²) in [5.41, 5.74) is 0. The molecule has 0 aromatic rings. The van der Waals surface area contributed by atoms with Gasteiger partial charge in [-0.3, -0.25) is 0 Å². The average molecular weight is 562 g/mol. The molecule has 0 aliphatic heterocycles. The van der Waals surface area contributed by atoms with E-state index in [1.54, 1.807) is 0 Å². The topological polar surface area (TPSA) is 17.1 Å². The Labute approximate surface area is 170 Å². The van der Waals surface area contributed by atoms with Crippen molar-refractivity contribution in [1.29, 1.82) is 0 Å². The second-order valence-corrected chi connectivity index (χ2v) is 6.17. The minimum Gasteiger partial charge on any atom is -0.303 e. The number of alkyl halides is 21. The lowest BCUT2D eigenvalue weighted by atomic mass is 9.86. The second-order valence-electron chi connectivity index (χ2n) is 6.17. The zero-order valence-electron chi connectivity index (χ0n) is 14.6. The highest BCUT2D eigenvalue weighted by molar-refractivity contribution is 5.51. The van der Waals surface area contributed by atoms with E-state index in [0.29, 0.717) is 0 Å². The van der Waals surface area contributed by atoms with Crippen LogP contribution >= 0.6 is 0 Å². The zero-order chi connectivity index (χ0) is 28.4. The lowest BCUT2D eigenvalue weighted by Crippen LogP contribution is -2.76. The number of carbonyl (C=O) groups excluding carboxylic acids is 1. The molecule has 0 aliphatic carbocycles. The first-order chi connectivity index (χ1) is 14.3. The molecule has 0 aromatic heterocycles. The number of carbonyl (C=O) groups is 1. The maximum absolute atomic E-state index is 13.3. The Bertz CT molecular complexity index is 758. The van der Waals surface area contributed by atoms with Gasteiger partial charge in [-0.15, -0.1) is 0 Å². The Morgan fingerprint density at radius 1 is 0.353 bits per heavy atom. The van der Waals surface area contributed by atoms with E-state index in [2.05, 4.69) is 0 Å². The van der Waals surface area contributed by atoms with Crippen LogP contribution in [0.2, 0.25) is 0 Å². The van der Waals surface area contributed by atoms with E-state index in [1.807, 2.05) is 0 Å². The summed E-state index contributed by atoms with van der Waals surface area (Å²) in [5, 5.41) is 0. The number of rotatable bonds is 10. The Balaban J connectivity index is 7.04. The smallest absolute Gasteiger partial charge is 0.303 e. The van der Waals surface area contributed by atoms with Crippen LogP contribution in [0, 0.1) is 0 Å². The lowest BCUT2D eigenvalue weighted by Gasteiger charge is -2.44. The molecule has 1 nitrogen and oxygen atoms in total. The molecule has 0 aromatic carbocycles. The van der Waals surface area contributed by atoms with Crippen LogP contribution in [0.15, 0.2) is 0 Å². The van der Waals surface area contributed by atoms with E-state index in [4.69, 9.17) is 0 Å². The Hall–Kier alpha value is -1.80. The fourth-order valence-corrected chi connectivity index (χ4v) is 1.82. The Morgan fingerprint density at radius 3 is 0.765 bits per heavy atom. The van der Waals surface area contributed by atoms with E-state index in [9.17, 15) is 97.0 Å². The molecule has 0 saturated heterocycles. The fourth-order valence-electron chi connectivity index (χ4n) is 1.82. The molecular weight excluding hydrogens is 559 g/mol. The molecule has 0 rings (SSSR count). The molecular formula is C12H3F21O. The van der Waals surface area contributed by atoms with Gasteiger partial charge in [-0.1, -0.05) is 0 Å². The van der Waals surface area contributed by atoms with Crippen molar-refractivity contribution in [2.24, 2.45) is 0 Å². The maximum Gasteiger partial charge on any atom is 0.460 e. The van der Waals surface area contributed by atoms with Gasteiger partial charge in [-0.05, 0) is 0 Å². The lowest BCUT2D eigenvalue weighted by molar-refractivity contribution is -0.474. The first-order valence-electron chi connectivity index (χ1n) is 7.22. The van der Waals surface area contributed by atoms with Crippen LogP contribution in [0.4, 0.5) is 92.2 Å². The third-order valence-corrected chi connectivity index (χ3v) is 3.92. The van der Waals surface area contributed by atoms with E-state index < -0.39 is 72.2 Å². The van der Waals surface area contributed by atoms with E-state index in [0.717, 1.165) is 0 Å². The molecule has 0 aliphatic rings. The maximum atomic E-state index is 13.3. The van der Waals surface area contributed by atoms with Gasteiger partial charge in [0, 0.05) is 0 Å². The first-order valence-corrected chi connectivity index (χ1v) is 7.22. The largest absolute Gasteiger partial charge is 0.460 e. The van der Waals surface area contributed by atoms with Gasteiger partial charge in [0.15, 0.2) is 0 Å². The van der Waals surface area contributed by atoms with Crippen molar-refractivity contribution in [1.82, 2.24) is 0 Å². The quantitative estimate of drug-likeness (QED) is 0.210. The highest BCUT2D eigenvalue weighted by Crippen LogP contribution is 2.66. The minimum absolute atomic E-state index is 1.44. The summed E-state index contributed by atoms with van der Waals surface area (Å²) in [5.74, 6) is -77.4. The molecule has 0 heterocycles. The van der Waals surface area contributed by atoms with Crippen LogP contribution in [0.1, 0.15) is 6.42 Å². The normalized spacial score (nSPS) is 16.6. The van der Waals surface area contributed by atoms with Gasteiger partial charge in [-0.2, -0.15) is 92.2 Å². The first kappa shape index (κ1) is 32.2. The van der Waals surface area contributed by atoms with Crippen LogP contribution in [0.3, 0.4) is 0 Å². The Kier molecular flexibility index (Phi) is 7.44. The van der Waals surface area contributed by atoms with Crippen molar-refractivity contribution in [2.75, 3.05) is 0 Å². The molecule has 0 fully saturated rings. The SMILES string of the molecule is O=CCC(F)(F)C(F)(F)C(F)(F)C(F)(F)C(F)(F)C(F)(F)C(F)(F)C(F)(F)C(F)(F)C(F)(F)F. The third kappa shape index (κ3) is 3.72. The van der Waals surface area contributed by atoms with Crippen molar-refractivity contribution >= 4 is 6.29 Å². The van der Waals surface area contributed by atoms with Gasteiger partial charge in [0.05, 0.1) is 6.42 Å². The van der Waals surface area contributed by atoms with Gasteiger partial charge in [-0.25, -0.2) is 0 Å². The van der Waals surface area contributed by atoms with E-state index in [1.165, 1.54) is 0 Å². The number of aldehydes is 1. The predicted octanol–water partition coefficient (Wildman–Crippen LogP) is 6.86. The van der Waals surface area contributed by atoms with Crippen molar-refractivity contribution in [2.45, 2.75) is 65.9 Å². The molecule has 0 saturated carbocycles. The molecule has 0 spiro atoms. The van der Waals surface area contributed by atoms with Crippen molar-refractivity contribution in [3.8, 4) is 0 Å². The minimum atomic E-state index is -9.19. The molecule has 0 bridgehead atoms. The van der Waals surface area contributed by atoms with Crippen LogP contribution in [0.5, 0.6) is 0 Å². The fraction of sp³-hybridized carbons (Fsp3) is 0.917. The monoisotopic (exact) mass is 562 g/mol. The molecule has 22 heteroatoms. The van der Waals surface area contributed by atoms with Crippen LogP contribution in [-0.2, 0) is 4.79 Å². The predicted molar refractivity (Wildman–Crippen MR) is 61.3 cm³/mol. The number of hydrogen-bond acceptors (Lipinski definition) is 1. The molecule has 34 heavy (non-hydrogen) atoms. The highest BCUT2D eigenvalue weighted by Gasteiger charge is 2.97. The van der Waals surface area contributed by atoms with Gasteiger partial charge in [0.25, 0.3) is 0 Å². The van der Waals surface area contributed by atoms with Crippen molar-refractivity contribution in [3.05, 3.63) is 0 Å². The van der Waals surface area contributed by atoms with Crippen LogP contribution in [0.25, 0.3) is 0 Å². The van der Waals surface area contributed by atoms with Crippen molar-refractivity contribution in [3.63, 3.8) is 0 Å².